The second-order valence-corrected chi connectivity index (χ2v) is 35.7. The zero-order valence-corrected chi connectivity index (χ0v) is 74.2. The minimum absolute atomic E-state index is 0. The monoisotopic (exact) mass is 1720 g/mol. The zero-order valence-electron chi connectivity index (χ0n) is 74.2. The van der Waals surface area contributed by atoms with Crippen LogP contribution < -0.4 is 4.74 Å². The number of hydrogen-bond donors (Lipinski definition) is 6. The number of aliphatic hydroxyl groups is 1. The summed E-state index contributed by atoms with van der Waals surface area (Å²) in [5.74, 6) is 2.88. The summed E-state index contributed by atoms with van der Waals surface area (Å²) < 4.78 is 22.0. The van der Waals surface area contributed by atoms with E-state index in [9.17, 15) is 40.2 Å². The van der Waals surface area contributed by atoms with Crippen LogP contribution in [0.2, 0.25) is 0 Å². The van der Waals surface area contributed by atoms with Crippen LogP contribution in [0, 0.1) is 41.5 Å². The zero-order chi connectivity index (χ0) is 88.9. The molecule has 0 bridgehead atoms. The van der Waals surface area contributed by atoms with Gasteiger partial charge in [0.1, 0.15) is 101 Å². The number of aryl methyl sites for hydroxylation is 6. The summed E-state index contributed by atoms with van der Waals surface area (Å²) >= 11 is 0. The van der Waals surface area contributed by atoms with Gasteiger partial charge >= 0.3 is 0 Å². The molecule has 1 aliphatic carbocycles. The summed E-state index contributed by atoms with van der Waals surface area (Å²) in [4.78, 5) is 49.0. The van der Waals surface area contributed by atoms with Crippen molar-refractivity contribution in [3.63, 3.8) is 0 Å². The molecule has 0 fully saturated rings. The van der Waals surface area contributed by atoms with E-state index >= 15 is 0 Å². The van der Waals surface area contributed by atoms with Crippen LogP contribution in [0.1, 0.15) is 182 Å². The van der Waals surface area contributed by atoms with Crippen LogP contribution in [0.5, 0.6) is 34.5 Å². The molecule has 10 heterocycles. The Balaban J connectivity index is 0.000000113. The van der Waals surface area contributed by atoms with Crippen molar-refractivity contribution >= 4 is 55.9 Å². The first-order valence-electron chi connectivity index (χ1n) is 44.0. The number of rotatable bonds is 20. The van der Waals surface area contributed by atoms with E-state index in [1.807, 2.05) is 191 Å². The molecule has 0 unspecified atom stereocenters. The normalized spacial score (nSPS) is 13.2. The Morgan fingerprint density at radius 1 is 0.398 bits per heavy atom. The summed E-state index contributed by atoms with van der Waals surface area (Å²) in [5.41, 5.74) is 26.0. The Bertz CT molecular complexity index is 7210. The van der Waals surface area contributed by atoms with Crippen LogP contribution in [-0.4, -0.2) is 125 Å². The minimum atomic E-state index is -0.196. The molecule has 2 aliphatic rings. The van der Waals surface area contributed by atoms with Crippen LogP contribution in [0.4, 0.5) is 0 Å². The van der Waals surface area contributed by atoms with Gasteiger partial charge in [-0.05, 0) is 221 Å². The van der Waals surface area contributed by atoms with E-state index in [0.29, 0.717) is 81.9 Å². The van der Waals surface area contributed by atoms with E-state index in [1.165, 1.54) is 81.8 Å². The van der Waals surface area contributed by atoms with Gasteiger partial charge in [0.05, 0.1) is 25.3 Å². The van der Waals surface area contributed by atoms with Crippen LogP contribution >= 0.6 is 0 Å². The molecule has 0 spiro atoms. The molecule has 9 aromatic heterocycles. The number of aromatic nitrogens is 15. The molecule has 128 heavy (non-hydrogen) atoms. The highest BCUT2D eigenvalue weighted by Gasteiger charge is 2.40. The van der Waals surface area contributed by atoms with Gasteiger partial charge in [0.15, 0.2) is 17.5 Å². The number of fused-ring (bicyclic) bond motifs is 16. The summed E-state index contributed by atoms with van der Waals surface area (Å²) in [6, 6.07) is 69.2. The van der Waals surface area contributed by atoms with Crippen molar-refractivity contribution in [3.8, 4) is 91.4 Å². The number of para-hydroxylation sites is 8. The van der Waals surface area contributed by atoms with Crippen molar-refractivity contribution in [1.82, 2.24) is 76.1 Å². The summed E-state index contributed by atoms with van der Waals surface area (Å²) in [6.07, 6.45) is 11.8. The number of imide groups is 1. The number of aliphatic hydroxyl groups excluding tert-OH is 1. The lowest BCUT2D eigenvalue weighted by Crippen LogP contribution is -2.31. The van der Waals surface area contributed by atoms with Crippen molar-refractivity contribution in [2.75, 3.05) is 6.61 Å². The van der Waals surface area contributed by atoms with Gasteiger partial charge in [0.2, 0.25) is 0 Å². The predicted octanol–water partition coefficient (Wildman–Crippen LogP) is 21.5. The number of carbonyl (C=O) groups is 2. The van der Waals surface area contributed by atoms with Crippen molar-refractivity contribution in [2.24, 2.45) is 0 Å². The summed E-state index contributed by atoms with van der Waals surface area (Å²) in [6.45, 7) is 28.2. The summed E-state index contributed by atoms with van der Waals surface area (Å²) in [7, 11) is 0. The number of phenols is 5. The Morgan fingerprint density at radius 2 is 0.820 bits per heavy atom. The van der Waals surface area contributed by atoms with E-state index in [0.717, 1.165) is 110 Å². The Hall–Kier alpha value is -14.3. The van der Waals surface area contributed by atoms with E-state index in [4.69, 9.17) is 19.7 Å². The first-order valence-corrected chi connectivity index (χ1v) is 44.0. The molecule has 2 amide bonds. The number of unbranched alkanes of at least 4 members (excludes halogenated alkanes) is 5. The highest BCUT2D eigenvalue weighted by molar-refractivity contribution is 6.19. The fraction of sp³-hybridized carbons (Fsp3) is 0.291. The number of phenolic OH excluding ortho intramolecular Hbond substituents is 5. The largest absolute Gasteiger partial charge is 0.507 e. The molecule has 22 rings (SSSR count). The molecule has 6 N–H and O–H groups in total. The predicted molar refractivity (Wildman–Crippen MR) is 503 cm³/mol. The molecule has 658 valence electrons. The second-order valence-electron chi connectivity index (χ2n) is 35.7. The minimum Gasteiger partial charge on any atom is -0.507 e. The topological polar surface area (TPSA) is 262 Å². The smallest absolute Gasteiger partial charge is 0.257 e. The maximum Gasteiger partial charge on any atom is 0.257 e. The van der Waals surface area contributed by atoms with E-state index in [2.05, 4.69) is 137 Å². The van der Waals surface area contributed by atoms with E-state index in [-0.39, 0.29) is 60.5 Å². The summed E-state index contributed by atoms with van der Waals surface area (Å²) in [5, 5.41) is 62.2. The molecular weight excluding hydrogens is 1610 g/mol. The standard InChI is InChI=1S/C26H25N3O2.C22H20N4O3.C21H27N3O.C20H25N3O2.C13H11N3O.CH4/c1-15-5-8-20(17(3)11-15)24-27-25(21-9-6-16(2)12-18(21)4)29-26(28-24)22-10-7-19(14-30)13-23(22)31;1-13-10-14(12-23-21(28)15-6-2-3-7-16(15)22(23)29)20(27)19(11-13)26-24-17-8-4-5-9-18(17)25(24)26;1-7-21(5,6)14-12-15(20(2,3)4)19(25)18(13-14)24-22-16-10-8-9-11-17(16)23(22)24;1-2-3-4-5-6-9-14-25-16-12-13-19(20(24)15-16)23-21-17-10-7-8-11-18(17)22(21)23;1-9-6-7-13(17)12(8-9)16-14-10-4-2-3-5-11(10)15(14)16;/h5-13,30-31H,14H2,1-4H3;4-5,8-11,27H,2-3,6-7,12H2,1H3;8-13,25H,7H2,1-6H3;7-8,10-13,15,24H,2-6,9,14H2,1H3;2-8,17H,1H3;1H4. The van der Waals surface area contributed by atoms with E-state index in [1.54, 1.807) is 24.3 Å². The number of ether oxygens (including phenoxy) is 1. The molecule has 0 atom stereocenters. The first kappa shape index (κ1) is 85.8. The molecule has 0 saturated carbocycles. The van der Waals surface area contributed by atoms with Gasteiger partial charge in [-0.3, -0.25) is 14.5 Å². The quantitative estimate of drug-likeness (QED) is 0.0307. The average molecular weight is 1720 g/mol. The third-order valence-electron chi connectivity index (χ3n) is 25.0. The molecule has 1 aliphatic heterocycles. The van der Waals surface area contributed by atoms with Crippen molar-refractivity contribution in [1.29, 1.82) is 0 Å². The molecule has 0 saturated heterocycles. The third kappa shape index (κ3) is 15.6. The van der Waals surface area contributed by atoms with Crippen LogP contribution in [0.3, 0.4) is 0 Å². The third-order valence-corrected chi connectivity index (χ3v) is 25.0. The second kappa shape index (κ2) is 33.9. The fourth-order valence-electron chi connectivity index (χ4n) is 17.5. The van der Waals surface area contributed by atoms with Gasteiger partial charge in [0.25, 0.3) is 11.8 Å². The van der Waals surface area contributed by atoms with Gasteiger partial charge < -0.3 is 35.4 Å². The molecule has 0 radical (unpaired) electrons. The lowest BCUT2D eigenvalue weighted by atomic mass is 9.77. The van der Waals surface area contributed by atoms with Crippen LogP contribution in [0.25, 0.3) is 101 Å². The molecule has 25 nitrogen and oxygen atoms in total. The SMILES string of the molecule is C.CCC(C)(C)c1cc(-n2n3c4ccccc4n23)c(O)c(C(C)(C)C)c1.CCCCCCCCOc1ccc(-n2n3c4ccccc4n23)c(O)c1.Cc1cc(CN2C(=O)C3=C(CCCC3)C2=O)c(O)c(-n2n3c4ccccc4n23)c1.Cc1ccc(-c2nc(-c3ccc(C)cc3C)nc(-c3ccc(CO)cc3O)n2)c(C)c1.Cc1ccc(O)c(-n2n3c4ccccc4n23)c1. The van der Waals surface area contributed by atoms with Crippen LogP contribution in [0.15, 0.2) is 223 Å². The lowest BCUT2D eigenvalue weighted by molar-refractivity contribution is -0.138. The van der Waals surface area contributed by atoms with Crippen LogP contribution in [-0.2, 0) is 33.6 Å². The van der Waals surface area contributed by atoms with Gasteiger partial charge in [-0.1, -0.05) is 208 Å². The number of amides is 2. The number of aromatic hydroxyl groups is 5. The van der Waals surface area contributed by atoms with Gasteiger partial charge in [0, 0.05) is 39.5 Å². The van der Waals surface area contributed by atoms with Crippen molar-refractivity contribution < 1.29 is 45.0 Å². The number of nitrogens with zero attached hydrogens (tertiary/aromatic N) is 16. The Labute approximate surface area is 742 Å². The number of benzene rings is 11. The van der Waals surface area contributed by atoms with Gasteiger partial charge in [-0.25, -0.2) is 15.0 Å². The number of hydrogen-bond acceptors (Lipinski definition) is 12. The maximum atomic E-state index is 12.8. The van der Waals surface area contributed by atoms with Crippen molar-refractivity contribution in [3.05, 3.63) is 279 Å². The Morgan fingerprint density at radius 3 is 1.27 bits per heavy atom. The number of carbonyl (C=O) groups excluding carboxylic acids is 2. The average Bonchev–Trinajstić information content (AvgIpc) is 1.53. The highest BCUT2D eigenvalue weighted by Crippen LogP contribution is 2.45. The maximum absolute atomic E-state index is 12.8. The Kier molecular flexibility index (Phi) is 22.7. The molecule has 11 aromatic carbocycles. The van der Waals surface area contributed by atoms with Crippen molar-refractivity contribution in [2.45, 2.75) is 192 Å². The highest BCUT2D eigenvalue weighted by atomic mass is 16.5. The molecule has 25 heteroatoms. The lowest BCUT2D eigenvalue weighted by Gasteiger charge is -2.28. The molecular formula is C103H112N16O9. The van der Waals surface area contributed by atoms with E-state index < -0.39 is 0 Å². The fourth-order valence-corrected chi connectivity index (χ4v) is 17.5. The first-order chi connectivity index (χ1) is 61.2. The van der Waals surface area contributed by atoms with Gasteiger partial charge in [-0.2, -0.15) is 0 Å². The molecule has 20 aromatic rings. The van der Waals surface area contributed by atoms with Gasteiger partial charge in [-0.15, -0.1) is 56.2 Å².